The summed E-state index contributed by atoms with van der Waals surface area (Å²) in [6.07, 6.45) is 6.43. The zero-order valence-corrected chi connectivity index (χ0v) is 9.50. The van der Waals surface area contributed by atoms with Crippen LogP contribution >= 0.6 is 0 Å². The zero-order chi connectivity index (χ0) is 11.8. The molecule has 0 aliphatic heterocycles. The number of hydrogen-bond acceptors (Lipinski definition) is 3. The maximum absolute atomic E-state index is 12.0. The molecular formula is C14H15NO2. The molecule has 3 heteroatoms. The Labute approximate surface area is 100 Å². The van der Waals surface area contributed by atoms with Gasteiger partial charge in [0, 0.05) is 5.69 Å². The van der Waals surface area contributed by atoms with Crippen LogP contribution in [0.15, 0.2) is 36.4 Å². The normalized spacial score (nSPS) is 29.5. The maximum atomic E-state index is 12.0. The highest BCUT2D eigenvalue weighted by atomic mass is 16.5. The van der Waals surface area contributed by atoms with E-state index in [1.165, 1.54) is 0 Å². The zero-order valence-electron chi connectivity index (χ0n) is 9.50. The van der Waals surface area contributed by atoms with Crippen LogP contribution < -0.4 is 10.5 Å². The number of rotatable bonds is 2. The third kappa shape index (κ3) is 1.93. The highest BCUT2D eigenvalue weighted by Crippen LogP contribution is 2.43. The van der Waals surface area contributed by atoms with E-state index < -0.39 is 0 Å². The fourth-order valence-electron chi connectivity index (χ4n) is 2.78. The van der Waals surface area contributed by atoms with Crippen LogP contribution in [0.4, 0.5) is 5.69 Å². The summed E-state index contributed by atoms with van der Waals surface area (Å²) in [5.74, 6) is 1.50. The Morgan fingerprint density at radius 1 is 1.18 bits per heavy atom. The van der Waals surface area contributed by atoms with E-state index >= 15 is 0 Å². The van der Waals surface area contributed by atoms with Gasteiger partial charge < -0.3 is 10.5 Å². The van der Waals surface area contributed by atoms with Crippen molar-refractivity contribution in [3.63, 3.8) is 0 Å². The first kappa shape index (κ1) is 10.4. The van der Waals surface area contributed by atoms with Crippen molar-refractivity contribution in [3.8, 4) is 5.75 Å². The van der Waals surface area contributed by atoms with Crippen molar-refractivity contribution in [3.05, 3.63) is 36.4 Å². The molecule has 3 atom stereocenters. The van der Waals surface area contributed by atoms with E-state index in [4.69, 9.17) is 10.5 Å². The first-order valence-electron chi connectivity index (χ1n) is 5.98. The fraction of sp³-hybridized carbons (Fsp3) is 0.357. The second-order valence-electron chi connectivity index (χ2n) is 4.88. The lowest BCUT2D eigenvalue weighted by molar-refractivity contribution is -0.139. The fourth-order valence-corrected chi connectivity index (χ4v) is 2.78. The molecule has 3 rings (SSSR count). The Morgan fingerprint density at radius 3 is 2.53 bits per heavy atom. The summed E-state index contributed by atoms with van der Waals surface area (Å²) >= 11 is 0. The number of esters is 1. The molecule has 17 heavy (non-hydrogen) atoms. The summed E-state index contributed by atoms with van der Waals surface area (Å²) in [6.45, 7) is 0. The van der Waals surface area contributed by atoms with Crippen molar-refractivity contribution < 1.29 is 9.53 Å². The Morgan fingerprint density at radius 2 is 1.94 bits per heavy atom. The minimum absolute atomic E-state index is 0.0440. The number of hydrogen-bond donors (Lipinski definition) is 1. The monoisotopic (exact) mass is 229 g/mol. The topological polar surface area (TPSA) is 52.3 Å². The van der Waals surface area contributed by atoms with Crippen molar-refractivity contribution in [2.45, 2.75) is 12.8 Å². The summed E-state index contributed by atoms with van der Waals surface area (Å²) in [7, 11) is 0. The summed E-state index contributed by atoms with van der Waals surface area (Å²) in [5.41, 5.74) is 6.25. The van der Waals surface area contributed by atoms with Gasteiger partial charge in [0.15, 0.2) is 0 Å². The number of benzene rings is 1. The molecule has 3 nitrogen and oxygen atoms in total. The van der Waals surface area contributed by atoms with Gasteiger partial charge in [-0.15, -0.1) is 0 Å². The molecule has 2 aliphatic carbocycles. The third-order valence-electron chi connectivity index (χ3n) is 3.68. The van der Waals surface area contributed by atoms with Crippen LogP contribution in [0.25, 0.3) is 0 Å². The molecule has 0 amide bonds. The molecular weight excluding hydrogens is 214 g/mol. The lowest BCUT2D eigenvalue weighted by Crippen LogP contribution is -2.23. The summed E-state index contributed by atoms with van der Waals surface area (Å²) in [4.78, 5) is 12.0. The van der Waals surface area contributed by atoms with Gasteiger partial charge in [-0.05, 0) is 48.9 Å². The summed E-state index contributed by atoms with van der Waals surface area (Å²) in [5, 5.41) is 0. The van der Waals surface area contributed by atoms with Crippen molar-refractivity contribution in [1.82, 2.24) is 0 Å². The Kier molecular flexibility index (Phi) is 2.39. The first-order valence-corrected chi connectivity index (χ1v) is 5.98. The molecule has 1 aromatic carbocycles. The number of fused-ring (bicyclic) bond motifs is 2. The predicted octanol–water partition coefficient (Wildman–Crippen LogP) is 2.39. The Balaban J connectivity index is 1.68. The number of anilines is 1. The van der Waals surface area contributed by atoms with E-state index in [0.29, 0.717) is 23.3 Å². The quantitative estimate of drug-likeness (QED) is 0.366. The molecule has 88 valence electrons. The molecule has 1 fully saturated rings. The van der Waals surface area contributed by atoms with Crippen molar-refractivity contribution >= 4 is 11.7 Å². The summed E-state index contributed by atoms with van der Waals surface area (Å²) in [6, 6.07) is 6.94. The number of allylic oxidation sites excluding steroid dienone is 2. The molecule has 1 aromatic rings. The first-order chi connectivity index (χ1) is 8.22. The van der Waals surface area contributed by atoms with E-state index in [2.05, 4.69) is 12.2 Å². The highest BCUT2D eigenvalue weighted by Gasteiger charge is 2.40. The number of ether oxygens (including phenoxy) is 1. The SMILES string of the molecule is Nc1ccc(OC(=O)C2CC3C=CC2C3)cc1. The van der Waals surface area contributed by atoms with Crippen LogP contribution in [0.5, 0.6) is 5.75 Å². The van der Waals surface area contributed by atoms with Gasteiger partial charge in [-0.1, -0.05) is 12.2 Å². The van der Waals surface area contributed by atoms with Gasteiger partial charge in [0.05, 0.1) is 5.92 Å². The second kappa shape index (κ2) is 3.91. The average Bonchev–Trinajstić information content (AvgIpc) is 2.94. The molecule has 1 saturated carbocycles. The van der Waals surface area contributed by atoms with Crippen LogP contribution in [0, 0.1) is 17.8 Å². The Hall–Kier alpha value is -1.77. The molecule has 0 saturated heterocycles. The van der Waals surface area contributed by atoms with Gasteiger partial charge in [-0.3, -0.25) is 4.79 Å². The molecule has 3 unspecified atom stereocenters. The second-order valence-corrected chi connectivity index (χ2v) is 4.88. The van der Waals surface area contributed by atoms with Crippen molar-refractivity contribution in [2.24, 2.45) is 17.8 Å². The molecule has 0 spiro atoms. The molecule has 2 bridgehead atoms. The average molecular weight is 229 g/mol. The molecule has 0 heterocycles. The van der Waals surface area contributed by atoms with E-state index in [1.807, 2.05) is 0 Å². The minimum atomic E-state index is -0.105. The number of nitrogen functional groups attached to an aromatic ring is 1. The van der Waals surface area contributed by atoms with Gasteiger partial charge in [0.2, 0.25) is 0 Å². The molecule has 0 radical (unpaired) electrons. The van der Waals surface area contributed by atoms with Gasteiger partial charge in [0.1, 0.15) is 5.75 Å². The summed E-state index contributed by atoms with van der Waals surface area (Å²) < 4.78 is 5.38. The lowest BCUT2D eigenvalue weighted by atomic mass is 9.94. The number of carbonyl (C=O) groups is 1. The van der Waals surface area contributed by atoms with Crippen LogP contribution in [0.2, 0.25) is 0 Å². The largest absolute Gasteiger partial charge is 0.426 e. The van der Waals surface area contributed by atoms with Crippen LogP contribution in [0.3, 0.4) is 0 Å². The Bertz CT molecular complexity index is 464. The lowest BCUT2D eigenvalue weighted by Gasteiger charge is -2.16. The predicted molar refractivity (Wildman–Crippen MR) is 65.3 cm³/mol. The van der Waals surface area contributed by atoms with Crippen molar-refractivity contribution in [2.75, 3.05) is 5.73 Å². The van der Waals surface area contributed by atoms with Crippen LogP contribution in [0.1, 0.15) is 12.8 Å². The number of nitrogens with two attached hydrogens (primary N) is 1. The minimum Gasteiger partial charge on any atom is -0.426 e. The van der Waals surface area contributed by atoms with E-state index in [0.717, 1.165) is 12.8 Å². The maximum Gasteiger partial charge on any atom is 0.314 e. The number of carbonyl (C=O) groups excluding carboxylic acids is 1. The highest BCUT2D eigenvalue weighted by molar-refractivity contribution is 5.76. The van der Waals surface area contributed by atoms with Crippen LogP contribution in [-0.4, -0.2) is 5.97 Å². The van der Waals surface area contributed by atoms with Gasteiger partial charge in [-0.2, -0.15) is 0 Å². The molecule has 2 N–H and O–H groups in total. The third-order valence-corrected chi connectivity index (χ3v) is 3.68. The molecule has 2 aliphatic rings. The van der Waals surface area contributed by atoms with E-state index in [1.54, 1.807) is 24.3 Å². The standard InChI is InChI=1S/C14H15NO2/c15-11-3-5-12(6-4-11)17-14(16)13-8-9-1-2-10(13)7-9/h1-6,9-10,13H,7-8,15H2. The van der Waals surface area contributed by atoms with E-state index in [-0.39, 0.29) is 11.9 Å². The molecule has 0 aromatic heterocycles. The van der Waals surface area contributed by atoms with Gasteiger partial charge in [-0.25, -0.2) is 0 Å². The van der Waals surface area contributed by atoms with Gasteiger partial charge in [0.25, 0.3) is 0 Å². The van der Waals surface area contributed by atoms with Crippen molar-refractivity contribution in [1.29, 1.82) is 0 Å². The smallest absolute Gasteiger partial charge is 0.314 e. The van der Waals surface area contributed by atoms with Crippen LogP contribution in [-0.2, 0) is 4.79 Å². The van der Waals surface area contributed by atoms with E-state index in [9.17, 15) is 4.79 Å². The van der Waals surface area contributed by atoms with Gasteiger partial charge >= 0.3 is 5.97 Å².